The first-order valence-corrected chi connectivity index (χ1v) is 16.3. The molecule has 8 heterocycles. The van der Waals surface area contributed by atoms with Crippen LogP contribution >= 0.6 is 0 Å². The number of pyridine rings is 2. The molecule has 0 aliphatic carbocycles. The zero-order valence-corrected chi connectivity index (χ0v) is 26.1. The summed E-state index contributed by atoms with van der Waals surface area (Å²) >= 11 is 0. The normalized spacial score (nSPS) is 26.2. The first-order chi connectivity index (χ1) is 22.3. The zero-order valence-electron chi connectivity index (χ0n) is 26.1. The lowest BCUT2D eigenvalue weighted by Crippen LogP contribution is -2.51. The van der Waals surface area contributed by atoms with E-state index in [1.54, 1.807) is 25.3 Å². The lowest BCUT2D eigenvalue weighted by atomic mass is 9.95. The number of aromatic nitrogens is 5. The number of rotatable bonds is 5. The van der Waals surface area contributed by atoms with Crippen molar-refractivity contribution in [1.29, 1.82) is 0 Å². The van der Waals surface area contributed by atoms with Crippen LogP contribution in [0.25, 0.3) is 44.1 Å². The highest BCUT2D eigenvalue weighted by Gasteiger charge is 2.49. The third kappa shape index (κ3) is 4.18. The number of nitrogens with zero attached hydrogens (tertiary/aromatic N) is 7. The third-order valence-electron chi connectivity index (χ3n) is 10.9. The summed E-state index contributed by atoms with van der Waals surface area (Å²) < 4.78 is 37.9. The molecule has 5 aromatic rings. The SMILES string of the molecule is Cc1c(F)ccc2cc(N)nc(-c3nccc4c5c(N6CC7CCC(C6)N7)nc(OC[C@@]67CCCN6C[C@H](F)C7)nc5n(C)c34)c12. The van der Waals surface area contributed by atoms with Crippen LogP contribution in [0.1, 0.15) is 37.7 Å². The molecule has 46 heavy (non-hydrogen) atoms. The van der Waals surface area contributed by atoms with Crippen molar-refractivity contribution in [2.75, 3.05) is 43.4 Å². The van der Waals surface area contributed by atoms with E-state index in [0.717, 1.165) is 72.8 Å². The molecule has 0 amide bonds. The van der Waals surface area contributed by atoms with Gasteiger partial charge in [0.25, 0.3) is 0 Å². The molecule has 0 spiro atoms. The minimum atomic E-state index is -0.836. The van der Waals surface area contributed by atoms with Crippen LogP contribution in [0.4, 0.5) is 20.4 Å². The summed E-state index contributed by atoms with van der Waals surface area (Å²) in [4.78, 5) is 24.2. The number of aryl methyl sites for hydroxylation is 2. The van der Waals surface area contributed by atoms with Crippen molar-refractivity contribution < 1.29 is 13.5 Å². The Balaban J connectivity index is 1.24. The van der Waals surface area contributed by atoms with E-state index in [1.165, 1.54) is 6.07 Å². The van der Waals surface area contributed by atoms with Gasteiger partial charge in [-0.15, -0.1) is 0 Å². The van der Waals surface area contributed by atoms with Crippen LogP contribution < -0.4 is 20.7 Å². The molecule has 4 atom stereocenters. The molecule has 4 aromatic heterocycles. The number of hydrogen-bond acceptors (Lipinski definition) is 9. The van der Waals surface area contributed by atoms with Crippen LogP contribution in [-0.4, -0.2) is 86.0 Å². The van der Waals surface area contributed by atoms with Gasteiger partial charge in [-0.05, 0) is 68.3 Å². The first kappa shape index (κ1) is 28.1. The number of piperazine rings is 1. The lowest BCUT2D eigenvalue weighted by molar-refractivity contribution is 0.107. The van der Waals surface area contributed by atoms with E-state index in [2.05, 4.69) is 15.1 Å². The number of anilines is 2. The molecule has 4 saturated heterocycles. The van der Waals surface area contributed by atoms with E-state index in [4.69, 9.17) is 30.4 Å². The lowest BCUT2D eigenvalue weighted by Gasteiger charge is -2.34. The van der Waals surface area contributed by atoms with Gasteiger partial charge < -0.3 is 25.3 Å². The van der Waals surface area contributed by atoms with Gasteiger partial charge >= 0.3 is 6.01 Å². The second kappa shape index (κ2) is 10.2. The number of benzene rings is 1. The molecule has 12 heteroatoms. The Bertz CT molecular complexity index is 2040. The average Bonchev–Trinajstić information content (AvgIpc) is 3.76. The Morgan fingerprint density at radius 3 is 2.72 bits per heavy atom. The van der Waals surface area contributed by atoms with Crippen molar-refractivity contribution in [3.05, 3.63) is 41.8 Å². The van der Waals surface area contributed by atoms with Crippen molar-refractivity contribution in [2.45, 2.75) is 62.8 Å². The Hall–Kier alpha value is -4.16. The van der Waals surface area contributed by atoms with Gasteiger partial charge in [-0.1, -0.05) is 6.07 Å². The highest BCUT2D eigenvalue weighted by atomic mass is 19.1. The Morgan fingerprint density at radius 1 is 1.07 bits per heavy atom. The number of alkyl halides is 1. The predicted octanol–water partition coefficient (Wildman–Crippen LogP) is 4.66. The summed E-state index contributed by atoms with van der Waals surface area (Å²) in [7, 11) is 1.96. The molecular weight excluding hydrogens is 588 g/mol. The van der Waals surface area contributed by atoms with Crippen LogP contribution in [0.3, 0.4) is 0 Å². The van der Waals surface area contributed by atoms with Gasteiger partial charge in [0.15, 0.2) is 0 Å². The van der Waals surface area contributed by atoms with Crippen molar-refractivity contribution >= 4 is 44.3 Å². The van der Waals surface area contributed by atoms with Crippen molar-refractivity contribution in [3.8, 4) is 17.4 Å². The number of nitrogens with one attached hydrogen (secondary N) is 1. The Morgan fingerprint density at radius 2 is 1.89 bits per heavy atom. The molecule has 1 aromatic carbocycles. The summed E-state index contributed by atoms with van der Waals surface area (Å²) in [5.41, 5.74) is 9.11. The average molecular weight is 626 g/mol. The minimum Gasteiger partial charge on any atom is -0.461 e. The number of hydrogen-bond donors (Lipinski definition) is 2. The standard InChI is InChI=1S/C34H37F2N9O/c1-18-24(36)7-4-19-12-25(37)40-28(26(18)19)29-30-23(8-10-38-29)27-31(43(30)2)41-33(42-32(27)44-15-21-5-6-22(16-44)39-21)46-17-34-9-3-11-45(34)14-20(35)13-34/h4,7-8,10,12,20-22,39H,3,5-6,9,11,13-17H2,1-2H3,(H2,37,40)/t20-,21?,22?,34+/m1/s1. The van der Waals surface area contributed by atoms with Crippen molar-refractivity contribution in [3.63, 3.8) is 0 Å². The molecule has 4 aliphatic heterocycles. The molecule has 2 bridgehead atoms. The highest BCUT2D eigenvalue weighted by molar-refractivity contribution is 6.16. The predicted molar refractivity (Wildman–Crippen MR) is 174 cm³/mol. The molecule has 4 fully saturated rings. The maximum absolute atomic E-state index is 14.9. The van der Waals surface area contributed by atoms with E-state index in [0.29, 0.717) is 71.5 Å². The van der Waals surface area contributed by atoms with Crippen molar-refractivity contribution in [1.82, 2.24) is 34.7 Å². The molecule has 3 N–H and O–H groups in total. The molecule has 9 rings (SSSR count). The highest BCUT2D eigenvalue weighted by Crippen LogP contribution is 2.43. The van der Waals surface area contributed by atoms with Crippen LogP contribution in [0, 0.1) is 12.7 Å². The Labute approximate surface area is 265 Å². The van der Waals surface area contributed by atoms with Gasteiger partial charge in [0.1, 0.15) is 47.3 Å². The van der Waals surface area contributed by atoms with E-state index in [1.807, 2.05) is 17.7 Å². The molecule has 2 unspecified atom stereocenters. The van der Waals surface area contributed by atoms with Gasteiger partial charge in [-0.3, -0.25) is 9.88 Å². The number of nitrogens with two attached hydrogens (primary N) is 1. The van der Waals surface area contributed by atoms with Crippen LogP contribution in [0.2, 0.25) is 0 Å². The fourth-order valence-electron chi connectivity index (χ4n) is 8.78. The summed E-state index contributed by atoms with van der Waals surface area (Å²) in [6.45, 7) is 5.13. The number of ether oxygens (including phenoxy) is 1. The van der Waals surface area contributed by atoms with Gasteiger partial charge in [0.05, 0.1) is 16.4 Å². The number of fused-ring (bicyclic) bond motifs is 7. The van der Waals surface area contributed by atoms with Gasteiger partial charge in [0.2, 0.25) is 0 Å². The van der Waals surface area contributed by atoms with Crippen molar-refractivity contribution in [2.24, 2.45) is 7.05 Å². The molecule has 238 valence electrons. The summed E-state index contributed by atoms with van der Waals surface area (Å²) in [5, 5.41) is 7.04. The molecule has 0 saturated carbocycles. The molecule has 0 radical (unpaired) electrons. The summed E-state index contributed by atoms with van der Waals surface area (Å²) in [6.07, 6.45) is 5.63. The second-order valence-corrected chi connectivity index (χ2v) is 13.7. The summed E-state index contributed by atoms with van der Waals surface area (Å²) in [5.74, 6) is 0.847. The summed E-state index contributed by atoms with van der Waals surface area (Å²) in [6, 6.07) is 8.02. The molecule has 10 nitrogen and oxygen atoms in total. The number of halogens is 2. The first-order valence-electron chi connectivity index (χ1n) is 16.3. The molecular formula is C34H37F2N9O. The minimum absolute atomic E-state index is 0.294. The van der Waals surface area contributed by atoms with Gasteiger partial charge in [0, 0.05) is 62.2 Å². The fraction of sp³-hybridized carbons (Fsp3) is 0.471. The Kier molecular flexibility index (Phi) is 6.21. The monoisotopic (exact) mass is 625 g/mol. The maximum atomic E-state index is 14.9. The van der Waals surface area contributed by atoms with Gasteiger partial charge in [-0.2, -0.15) is 9.97 Å². The van der Waals surface area contributed by atoms with E-state index < -0.39 is 6.17 Å². The van der Waals surface area contributed by atoms with E-state index >= 15 is 0 Å². The molecule has 4 aliphatic rings. The largest absolute Gasteiger partial charge is 0.461 e. The zero-order chi connectivity index (χ0) is 31.3. The van der Waals surface area contributed by atoms with Gasteiger partial charge in [-0.25, -0.2) is 13.8 Å². The third-order valence-corrected chi connectivity index (χ3v) is 10.9. The number of nitrogen functional groups attached to an aromatic ring is 1. The smallest absolute Gasteiger partial charge is 0.320 e. The topological polar surface area (TPSA) is 110 Å². The quantitative estimate of drug-likeness (QED) is 0.288. The maximum Gasteiger partial charge on any atom is 0.320 e. The van der Waals surface area contributed by atoms with Crippen LogP contribution in [0.15, 0.2) is 30.5 Å². The fourth-order valence-corrected chi connectivity index (χ4v) is 8.78. The van der Waals surface area contributed by atoms with E-state index in [-0.39, 0.29) is 11.4 Å². The van der Waals surface area contributed by atoms with Crippen LogP contribution in [-0.2, 0) is 7.05 Å². The van der Waals surface area contributed by atoms with Crippen LogP contribution in [0.5, 0.6) is 6.01 Å². The second-order valence-electron chi connectivity index (χ2n) is 13.7. The van der Waals surface area contributed by atoms with E-state index in [9.17, 15) is 8.78 Å².